The molecule has 0 aliphatic carbocycles. The summed E-state index contributed by atoms with van der Waals surface area (Å²) < 4.78 is 26.3. The minimum Gasteiger partial charge on any atom is -0.497 e. The van der Waals surface area contributed by atoms with E-state index in [1.165, 1.54) is 30.0 Å². The third kappa shape index (κ3) is 5.89. The molecule has 1 aromatic heterocycles. The number of carbonyl (C=O) groups excluding carboxylic acids is 1. The standard InChI is InChI=1S/C24H21FN4O3S/c1-31-20-12-10-19(11-13-20)29-22(15-32-21-8-3-2-4-9-21)27-28-24(29)33-16-23(30)26-18-7-5-6-17(25)14-18/h2-14H,15-16H2,1H3,(H,26,30). The van der Waals surface area contributed by atoms with Crippen LogP contribution in [-0.2, 0) is 11.4 Å². The third-order valence-corrected chi connectivity index (χ3v) is 5.51. The summed E-state index contributed by atoms with van der Waals surface area (Å²) in [5, 5.41) is 11.8. The Bertz CT molecular complexity index is 1220. The van der Waals surface area contributed by atoms with Gasteiger partial charge in [-0.25, -0.2) is 4.39 Å². The molecule has 7 nitrogen and oxygen atoms in total. The van der Waals surface area contributed by atoms with E-state index < -0.39 is 5.82 Å². The largest absolute Gasteiger partial charge is 0.497 e. The van der Waals surface area contributed by atoms with E-state index in [0.29, 0.717) is 22.4 Å². The van der Waals surface area contributed by atoms with Crippen LogP contribution in [0.2, 0.25) is 0 Å². The van der Waals surface area contributed by atoms with Gasteiger partial charge in [0.15, 0.2) is 11.0 Å². The number of halogens is 1. The van der Waals surface area contributed by atoms with Gasteiger partial charge in [-0.1, -0.05) is 36.0 Å². The Hall–Kier alpha value is -3.85. The van der Waals surface area contributed by atoms with E-state index in [-0.39, 0.29) is 18.3 Å². The Morgan fingerprint density at radius 2 is 1.79 bits per heavy atom. The summed E-state index contributed by atoms with van der Waals surface area (Å²) in [4.78, 5) is 12.4. The molecule has 0 unspecified atom stereocenters. The first-order valence-electron chi connectivity index (χ1n) is 10.1. The summed E-state index contributed by atoms with van der Waals surface area (Å²) in [7, 11) is 1.60. The molecule has 4 aromatic rings. The molecule has 1 heterocycles. The van der Waals surface area contributed by atoms with Crippen molar-refractivity contribution in [3.05, 3.63) is 90.5 Å². The average Bonchev–Trinajstić information content (AvgIpc) is 3.25. The maximum atomic E-state index is 13.4. The van der Waals surface area contributed by atoms with Crippen LogP contribution in [0, 0.1) is 5.82 Å². The number of nitrogens with one attached hydrogen (secondary N) is 1. The highest BCUT2D eigenvalue weighted by atomic mass is 32.2. The fraction of sp³-hybridized carbons (Fsp3) is 0.125. The smallest absolute Gasteiger partial charge is 0.234 e. The lowest BCUT2D eigenvalue weighted by atomic mass is 10.3. The van der Waals surface area contributed by atoms with Crippen LogP contribution in [0.25, 0.3) is 5.69 Å². The fourth-order valence-electron chi connectivity index (χ4n) is 3.04. The zero-order chi connectivity index (χ0) is 23.0. The molecule has 3 aromatic carbocycles. The van der Waals surface area contributed by atoms with E-state index in [1.807, 2.05) is 59.2 Å². The zero-order valence-electron chi connectivity index (χ0n) is 17.8. The summed E-state index contributed by atoms with van der Waals surface area (Å²) in [5.41, 5.74) is 1.20. The molecule has 0 radical (unpaired) electrons. The molecule has 33 heavy (non-hydrogen) atoms. The lowest BCUT2D eigenvalue weighted by Crippen LogP contribution is -2.15. The highest BCUT2D eigenvalue weighted by Crippen LogP contribution is 2.25. The molecule has 0 saturated heterocycles. The van der Waals surface area contributed by atoms with Crippen LogP contribution < -0.4 is 14.8 Å². The Balaban J connectivity index is 1.52. The summed E-state index contributed by atoms with van der Waals surface area (Å²) in [5.74, 6) is 1.39. The van der Waals surface area contributed by atoms with Crippen molar-refractivity contribution in [2.24, 2.45) is 0 Å². The van der Waals surface area contributed by atoms with Gasteiger partial charge in [-0.2, -0.15) is 0 Å². The van der Waals surface area contributed by atoms with Crippen molar-refractivity contribution in [2.45, 2.75) is 11.8 Å². The van der Waals surface area contributed by atoms with Crippen molar-refractivity contribution in [3.8, 4) is 17.2 Å². The Labute approximate surface area is 194 Å². The van der Waals surface area contributed by atoms with Crippen molar-refractivity contribution in [1.82, 2.24) is 14.8 Å². The number of ether oxygens (including phenoxy) is 2. The Morgan fingerprint density at radius 1 is 1.00 bits per heavy atom. The van der Waals surface area contributed by atoms with Gasteiger partial charge in [-0.15, -0.1) is 10.2 Å². The summed E-state index contributed by atoms with van der Waals surface area (Å²) in [6.45, 7) is 0.194. The minimum atomic E-state index is -0.414. The van der Waals surface area contributed by atoms with E-state index in [4.69, 9.17) is 9.47 Å². The number of hydrogen-bond donors (Lipinski definition) is 1. The van der Waals surface area contributed by atoms with Crippen LogP contribution in [0.4, 0.5) is 10.1 Å². The Kier molecular flexibility index (Phi) is 7.21. The van der Waals surface area contributed by atoms with E-state index in [1.54, 1.807) is 13.2 Å². The molecule has 0 aliphatic heterocycles. The van der Waals surface area contributed by atoms with Gasteiger partial charge in [0.1, 0.15) is 23.9 Å². The highest BCUT2D eigenvalue weighted by molar-refractivity contribution is 7.99. The molecule has 0 saturated carbocycles. The molecule has 0 atom stereocenters. The van der Waals surface area contributed by atoms with Gasteiger partial charge in [-0.05, 0) is 54.6 Å². The first kappa shape index (κ1) is 22.3. The second-order valence-corrected chi connectivity index (χ2v) is 7.82. The van der Waals surface area contributed by atoms with E-state index in [0.717, 1.165) is 11.4 Å². The maximum absolute atomic E-state index is 13.4. The first-order chi connectivity index (χ1) is 16.1. The SMILES string of the molecule is COc1ccc(-n2c(COc3ccccc3)nnc2SCC(=O)Nc2cccc(F)c2)cc1. The molecular formula is C24H21FN4O3S. The summed E-state index contributed by atoms with van der Waals surface area (Å²) >= 11 is 1.22. The minimum absolute atomic E-state index is 0.0738. The lowest BCUT2D eigenvalue weighted by Gasteiger charge is -2.12. The number of para-hydroxylation sites is 1. The van der Waals surface area contributed by atoms with Crippen LogP contribution in [-0.4, -0.2) is 33.5 Å². The van der Waals surface area contributed by atoms with Crippen LogP contribution in [0.1, 0.15) is 5.82 Å². The van der Waals surface area contributed by atoms with E-state index >= 15 is 0 Å². The van der Waals surface area contributed by atoms with Gasteiger partial charge < -0.3 is 14.8 Å². The van der Waals surface area contributed by atoms with Gasteiger partial charge in [0.2, 0.25) is 5.91 Å². The van der Waals surface area contributed by atoms with Crippen molar-refractivity contribution in [3.63, 3.8) is 0 Å². The van der Waals surface area contributed by atoms with Gasteiger partial charge in [0, 0.05) is 11.4 Å². The molecule has 0 spiro atoms. The zero-order valence-corrected chi connectivity index (χ0v) is 18.6. The molecule has 9 heteroatoms. The van der Waals surface area contributed by atoms with Crippen molar-refractivity contribution in [1.29, 1.82) is 0 Å². The van der Waals surface area contributed by atoms with Crippen LogP contribution in [0.3, 0.4) is 0 Å². The Morgan fingerprint density at radius 3 is 2.52 bits per heavy atom. The van der Waals surface area contributed by atoms with Gasteiger partial charge in [-0.3, -0.25) is 9.36 Å². The molecule has 168 valence electrons. The topological polar surface area (TPSA) is 78.3 Å². The number of thioether (sulfide) groups is 1. The van der Waals surface area contributed by atoms with Crippen LogP contribution in [0.5, 0.6) is 11.5 Å². The number of benzene rings is 3. The number of aromatic nitrogens is 3. The van der Waals surface area contributed by atoms with Crippen molar-refractivity contribution < 1.29 is 18.7 Å². The lowest BCUT2D eigenvalue weighted by molar-refractivity contribution is -0.113. The highest BCUT2D eigenvalue weighted by Gasteiger charge is 2.17. The van der Waals surface area contributed by atoms with E-state index in [2.05, 4.69) is 15.5 Å². The predicted molar refractivity (Wildman–Crippen MR) is 124 cm³/mol. The number of nitrogens with zero attached hydrogens (tertiary/aromatic N) is 3. The maximum Gasteiger partial charge on any atom is 0.234 e. The first-order valence-corrected chi connectivity index (χ1v) is 11.1. The second-order valence-electron chi connectivity index (χ2n) is 6.88. The molecule has 1 amide bonds. The molecule has 0 bridgehead atoms. The van der Waals surface area contributed by atoms with Gasteiger partial charge >= 0.3 is 0 Å². The number of hydrogen-bond acceptors (Lipinski definition) is 6. The van der Waals surface area contributed by atoms with Crippen LogP contribution >= 0.6 is 11.8 Å². The second kappa shape index (κ2) is 10.6. The predicted octanol–water partition coefficient (Wildman–Crippen LogP) is 4.72. The van der Waals surface area contributed by atoms with Crippen LogP contribution in [0.15, 0.2) is 84.0 Å². The molecule has 1 N–H and O–H groups in total. The summed E-state index contributed by atoms with van der Waals surface area (Å²) in [6.07, 6.45) is 0. The normalized spacial score (nSPS) is 10.6. The molecule has 4 rings (SSSR count). The van der Waals surface area contributed by atoms with Gasteiger partial charge in [0.25, 0.3) is 0 Å². The molecule has 0 fully saturated rings. The average molecular weight is 465 g/mol. The fourth-order valence-corrected chi connectivity index (χ4v) is 3.81. The number of anilines is 1. The number of amides is 1. The van der Waals surface area contributed by atoms with E-state index in [9.17, 15) is 9.18 Å². The quantitative estimate of drug-likeness (QED) is 0.361. The van der Waals surface area contributed by atoms with Gasteiger partial charge in [0.05, 0.1) is 12.9 Å². The summed E-state index contributed by atoms with van der Waals surface area (Å²) in [6, 6.07) is 22.6. The molecular weight excluding hydrogens is 443 g/mol. The van der Waals surface area contributed by atoms with Crippen molar-refractivity contribution in [2.75, 3.05) is 18.2 Å². The molecule has 0 aliphatic rings. The third-order valence-electron chi connectivity index (χ3n) is 4.58. The monoisotopic (exact) mass is 464 g/mol. The number of methoxy groups -OCH3 is 1. The van der Waals surface area contributed by atoms with Crippen molar-refractivity contribution >= 4 is 23.4 Å². The number of rotatable bonds is 9. The number of carbonyl (C=O) groups is 1.